The first-order valence-corrected chi connectivity index (χ1v) is 9.97. The Morgan fingerprint density at radius 2 is 2.20 bits per heavy atom. The number of aromatic nitrogens is 1. The van der Waals surface area contributed by atoms with Gasteiger partial charge in [-0.05, 0) is 31.4 Å². The zero-order chi connectivity index (χ0) is 22.1. The summed E-state index contributed by atoms with van der Waals surface area (Å²) in [7, 11) is 1.27. The molecule has 1 saturated heterocycles. The van der Waals surface area contributed by atoms with Crippen LogP contribution in [0.25, 0.3) is 0 Å². The molecule has 10 nitrogen and oxygen atoms in total. The first-order chi connectivity index (χ1) is 14.4. The van der Waals surface area contributed by atoms with E-state index in [0.717, 1.165) is 12.8 Å². The van der Waals surface area contributed by atoms with E-state index in [1.54, 1.807) is 0 Å². The Bertz CT molecular complexity index is 754. The number of esters is 1. The molecule has 1 aromatic heterocycles. The summed E-state index contributed by atoms with van der Waals surface area (Å²) in [6, 6.07) is 2.32. The van der Waals surface area contributed by atoms with E-state index in [2.05, 4.69) is 15.0 Å². The number of nitrogens with zero attached hydrogens (tertiary/aromatic N) is 3. The van der Waals surface area contributed by atoms with Gasteiger partial charge in [-0.2, -0.15) is 0 Å². The normalized spacial score (nSPS) is 16.6. The highest BCUT2D eigenvalue weighted by Crippen LogP contribution is 2.23. The smallest absolute Gasteiger partial charge is 0.339 e. The van der Waals surface area contributed by atoms with Gasteiger partial charge < -0.3 is 15.0 Å². The lowest BCUT2D eigenvalue weighted by atomic mass is 9.99. The second-order valence-electron chi connectivity index (χ2n) is 7.17. The van der Waals surface area contributed by atoms with Crippen LogP contribution in [0.5, 0.6) is 0 Å². The van der Waals surface area contributed by atoms with Crippen LogP contribution in [-0.4, -0.2) is 70.6 Å². The molecule has 1 aromatic rings. The molecule has 2 heterocycles. The molecule has 0 saturated carbocycles. The van der Waals surface area contributed by atoms with Crippen molar-refractivity contribution in [1.29, 1.82) is 0 Å². The van der Waals surface area contributed by atoms with Gasteiger partial charge in [0.25, 0.3) is 0 Å². The fraction of sp³-hybridized carbons (Fsp3) is 0.550. The Balaban J connectivity index is 2.06. The third-order valence-corrected chi connectivity index (χ3v) is 5.06. The van der Waals surface area contributed by atoms with Crippen LogP contribution in [0.1, 0.15) is 49.4 Å². The molecule has 0 bridgehead atoms. The zero-order valence-corrected chi connectivity index (χ0v) is 17.2. The van der Waals surface area contributed by atoms with Crippen molar-refractivity contribution in [3.63, 3.8) is 0 Å². The Hall–Kier alpha value is -3.01. The van der Waals surface area contributed by atoms with Crippen molar-refractivity contribution >= 4 is 30.0 Å². The van der Waals surface area contributed by atoms with Crippen molar-refractivity contribution < 1.29 is 29.1 Å². The fourth-order valence-electron chi connectivity index (χ4n) is 3.47. The van der Waals surface area contributed by atoms with Gasteiger partial charge in [0.1, 0.15) is 11.9 Å². The number of carbonyl (C=O) groups is 4. The molecule has 0 unspecified atom stereocenters. The molecular formula is C20H28N4O6. The van der Waals surface area contributed by atoms with E-state index in [-0.39, 0.29) is 36.2 Å². The van der Waals surface area contributed by atoms with Crippen molar-refractivity contribution in [2.75, 3.05) is 25.5 Å². The van der Waals surface area contributed by atoms with E-state index >= 15 is 0 Å². The van der Waals surface area contributed by atoms with Crippen LogP contribution in [0.2, 0.25) is 0 Å². The second kappa shape index (κ2) is 11.2. The maximum absolute atomic E-state index is 13.0. The number of hydroxylamine groups is 2. The molecule has 3 amide bonds. The molecule has 0 aliphatic carbocycles. The number of carbonyl (C=O) groups excluding carboxylic acids is 4. The van der Waals surface area contributed by atoms with Crippen LogP contribution in [0.3, 0.4) is 0 Å². The molecule has 0 spiro atoms. The SMILES string of the molecule is CCCC[C@H](CN(O)C=O)C(=O)N1CCC[C@H]1C(=O)Nc1ccc(C(=O)OC)cn1. The van der Waals surface area contributed by atoms with Crippen molar-refractivity contribution in [2.24, 2.45) is 5.92 Å². The lowest BCUT2D eigenvalue weighted by Crippen LogP contribution is -2.47. The summed E-state index contributed by atoms with van der Waals surface area (Å²) < 4.78 is 4.61. The van der Waals surface area contributed by atoms with Gasteiger partial charge in [-0.25, -0.2) is 14.8 Å². The van der Waals surface area contributed by atoms with Gasteiger partial charge in [-0.15, -0.1) is 0 Å². The minimum Gasteiger partial charge on any atom is -0.465 e. The van der Waals surface area contributed by atoms with Gasteiger partial charge in [-0.1, -0.05) is 19.8 Å². The summed E-state index contributed by atoms with van der Waals surface area (Å²) in [5.41, 5.74) is 0.260. The maximum atomic E-state index is 13.0. The monoisotopic (exact) mass is 420 g/mol. The van der Waals surface area contributed by atoms with E-state index in [9.17, 15) is 24.4 Å². The molecule has 10 heteroatoms. The number of nitrogens with one attached hydrogen (secondary N) is 1. The van der Waals surface area contributed by atoms with Gasteiger partial charge in [-0.3, -0.25) is 19.6 Å². The van der Waals surface area contributed by atoms with Crippen LogP contribution in [-0.2, 0) is 19.1 Å². The van der Waals surface area contributed by atoms with Crippen molar-refractivity contribution in [3.05, 3.63) is 23.9 Å². The Labute approximate surface area is 175 Å². The minimum atomic E-state index is -0.660. The number of hydrogen-bond donors (Lipinski definition) is 2. The second-order valence-corrected chi connectivity index (χ2v) is 7.17. The topological polar surface area (TPSA) is 129 Å². The Morgan fingerprint density at radius 1 is 1.43 bits per heavy atom. The average molecular weight is 420 g/mol. The van der Waals surface area contributed by atoms with Crippen LogP contribution in [0.15, 0.2) is 18.3 Å². The summed E-state index contributed by atoms with van der Waals surface area (Å²) >= 11 is 0. The van der Waals surface area contributed by atoms with Crippen molar-refractivity contribution in [2.45, 2.75) is 45.1 Å². The minimum absolute atomic E-state index is 0.107. The third-order valence-electron chi connectivity index (χ3n) is 5.06. The Kier molecular flexibility index (Phi) is 8.72. The number of hydrogen-bond acceptors (Lipinski definition) is 7. The van der Waals surface area contributed by atoms with Gasteiger partial charge in [0.05, 0.1) is 25.1 Å². The molecule has 2 N–H and O–H groups in total. The number of amides is 3. The molecule has 1 aliphatic rings. The first-order valence-electron chi connectivity index (χ1n) is 9.97. The number of pyridine rings is 1. The predicted octanol–water partition coefficient (Wildman–Crippen LogP) is 1.45. The van der Waals surface area contributed by atoms with Gasteiger partial charge >= 0.3 is 5.97 Å². The van der Waals surface area contributed by atoms with Crippen LogP contribution < -0.4 is 5.32 Å². The Morgan fingerprint density at radius 3 is 2.80 bits per heavy atom. The fourth-order valence-corrected chi connectivity index (χ4v) is 3.47. The summed E-state index contributed by atoms with van der Waals surface area (Å²) in [5.74, 6) is -1.47. The zero-order valence-electron chi connectivity index (χ0n) is 17.2. The van der Waals surface area contributed by atoms with Crippen LogP contribution >= 0.6 is 0 Å². The molecule has 30 heavy (non-hydrogen) atoms. The molecule has 0 radical (unpaired) electrons. The van der Waals surface area contributed by atoms with E-state index in [4.69, 9.17) is 0 Å². The van der Waals surface area contributed by atoms with E-state index in [0.29, 0.717) is 30.9 Å². The van der Waals surface area contributed by atoms with E-state index < -0.39 is 17.9 Å². The van der Waals surface area contributed by atoms with Gasteiger partial charge in [0, 0.05) is 12.7 Å². The third kappa shape index (κ3) is 5.99. The molecule has 1 fully saturated rings. The number of anilines is 1. The van der Waals surface area contributed by atoms with Crippen molar-refractivity contribution in [1.82, 2.24) is 14.9 Å². The first kappa shape index (κ1) is 23.3. The van der Waals surface area contributed by atoms with Crippen LogP contribution in [0.4, 0.5) is 5.82 Å². The number of likely N-dealkylation sites (tertiary alicyclic amines) is 1. The average Bonchev–Trinajstić information content (AvgIpc) is 3.26. The quantitative estimate of drug-likeness (QED) is 0.254. The standard InChI is InChI=1S/C20H28N4O6/c1-3-4-6-15(12-23(29)13-25)19(27)24-10-5-7-16(24)18(26)22-17-9-8-14(11-21-17)20(28)30-2/h8-9,11,13,15-16,29H,3-7,10,12H2,1-2H3,(H,21,22,26)/t15-,16+/m1/s1. The summed E-state index contributed by atoms with van der Waals surface area (Å²) in [6.45, 7) is 2.31. The van der Waals surface area contributed by atoms with Gasteiger partial charge in [0.15, 0.2) is 0 Å². The highest BCUT2D eigenvalue weighted by atomic mass is 16.5. The maximum Gasteiger partial charge on any atom is 0.339 e. The van der Waals surface area contributed by atoms with E-state index in [1.165, 1.54) is 30.3 Å². The summed E-state index contributed by atoms with van der Waals surface area (Å²) in [4.78, 5) is 53.6. The molecule has 2 rings (SSSR count). The van der Waals surface area contributed by atoms with E-state index in [1.807, 2.05) is 6.92 Å². The molecule has 1 aliphatic heterocycles. The van der Waals surface area contributed by atoms with Crippen LogP contribution in [0, 0.1) is 5.92 Å². The molecule has 164 valence electrons. The summed E-state index contributed by atoms with van der Waals surface area (Å²) in [5, 5.41) is 12.7. The number of unbranched alkanes of at least 4 members (excludes halogenated alkanes) is 1. The highest BCUT2D eigenvalue weighted by Gasteiger charge is 2.37. The van der Waals surface area contributed by atoms with Crippen molar-refractivity contribution in [3.8, 4) is 0 Å². The molecule has 0 aromatic carbocycles. The largest absolute Gasteiger partial charge is 0.465 e. The highest BCUT2D eigenvalue weighted by molar-refractivity contribution is 5.97. The summed E-state index contributed by atoms with van der Waals surface area (Å²) in [6.07, 6.45) is 4.91. The van der Waals surface area contributed by atoms with Gasteiger partial charge in [0.2, 0.25) is 18.2 Å². The lowest BCUT2D eigenvalue weighted by molar-refractivity contribution is -0.157. The lowest BCUT2D eigenvalue weighted by Gasteiger charge is -2.29. The molecular weight excluding hydrogens is 392 g/mol. The number of ether oxygens (including phenoxy) is 1. The number of rotatable bonds is 10. The predicted molar refractivity (Wildman–Crippen MR) is 107 cm³/mol. The molecule has 2 atom stereocenters. The number of methoxy groups -OCH3 is 1.